The highest BCUT2D eigenvalue weighted by atomic mass is 16.6. The minimum Gasteiger partial charge on any atom is -0.504 e. The molecule has 6 aliphatic rings. The summed E-state index contributed by atoms with van der Waals surface area (Å²) in [4.78, 5) is 31.6. The van der Waals surface area contributed by atoms with E-state index < -0.39 is 35.4 Å². The quantitative estimate of drug-likeness (QED) is 0.0304. The molecular formula is C55H68N9O9+. The number of phenolic OH excluding ortho intramolecular Hbond substituents is 3. The molecule has 10 N–H and O–H groups in total. The standard InChI is InChI=1S/C55H67N9O9/c1-33(65)71-40-28-38(72-46(29-40)37-26-45(67)50(68)48(27-37)70-23-16-36-7-4-19-58-31-36)11-9-35-10-12-44(66)47(24-35)73-39-8-3-17-54(30-39)55(52(69)57-2)18-13-43-41-15-22-59-42(41)32-64(43)51(55)62-53(63-54)61-20-5-6-34-14-21-60-49(56)25-34/h4,7,10,12,14-15,19,21-22,24-27,31-32,38-40,43,46,51-52,57,66-69H,3,5-6,8-9,11,13,16-18,20,23,28-30H2,1-2H3,(H2,56,60)(H2,61,62,63)/p+1. The van der Waals surface area contributed by atoms with Crippen LogP contribution in [0, 0.1) is 5.41 Å². The van der Waals surface area contributed by atoms with Crippen molar-refractivity contribution in [3.63, 3.8) is 0 Å². The minimum atomic E-state index is -0.878. The summed E-state index contributed by atoms with van der Waals surface area (Å²) in [6, 6.07) is 16.4. The van der Waals surface area contributed by atoms with Gasteiger partial charge in [0.25, 0.3) is 0 Å². The van der Waals surface area contributed by atoms with E-state index in [4.69, 9.17) is 34.7 Å². The predicted molar refractivity (Wildman–Crippen MR) is 273 cm³/mol. The molecule has 3 saturated heterocycles. The number of anilines is 1. The fourth-order valence-electron chi connectivity index (χ4n) is 12.5. The van der Waals surface area contributed by atoms with Crippen molar-refractivity contribution in [1.82, 2.24) is 25.9 Å². The van der Waals surface area contributed by atoms with E-state index in [-0.39, 0.29) is 54.0 Å². The Morgan fingerprint density at radius 3 is 2.70 bits per heavy atom. The number of guanidine groups is 1. The van der Waals surface area contributed by atoms with Crippen molar-refractivity contribution in [2.75, 3.05) is 25.9 Å². The van der Waals surface area contributed by atoms with Gasteiger partial charge in [-0.1, -0.05) is 12.1 Å². The number of nitrogens with two attached hydrogens (primary N) is 1. The van der Waals surface area contributed by atoms with Gasteiger partial charge in [-0.2, -0.15) is 0 Å². The number of nitrogen functional groups attached to an aromatic ring is 1. The number of aryl methyl sites for hydroxylation is 2. The molecule has 10 rings (SSSR count). The van der Waals surface area contributed by atoms with Crippen molar-refractivity contribution >= 4 is 24.0 Å². The first-order chi connectivity index (χ1) is 35.4. The van der Waals surface area contributed by atoms with E-state index in [0.29, 0.717) is 68.2 Å². The van der Waals surface area contributed by atoms with E-state index in [2.05, 4.69) is 38.2 Å². The number of hydrogen-bond donors (Lipinski definition) is 9. The maximum atomic E-state index is 12.4. The molecule has 2 aromatic carbocycles. The summed E-state index contributed by atoms with van der Waals surface area (Å²) >= 11 is 0. The number of aliphatic hydroxyl groups is 1. The number of piperidine rings is 1. The van der Waals surface area contributed by atoms with Gasteiger partial charge in [-0.3, -0.25) is 30.0 Å². The highest BCUT2D eigenvalue weighted by Crippen LogP contribution is 2.53. The van der Waals surface area contributed by atoms with Crippen LogP contribution in [-0.4, -0.2) is 111 Å². The smallest absolute Gasteiger partial charge is 0.302 e. The average molecular weight is 999 g/mol. The van der Waals surface area contributed by atoms with Crippen LogP contribution in [-0.2, 0) is 33.5 Å². The van der Waals surface area contributed by atoms with Crippen molar-refractivity contribution in [3.8, 4) is 28.7 Å². The maximum Gasteiger partial charge on any atom is 0.302 e. The van der Waals surface area contributed by atoms with E-state index >= 15 is 0 Å². The van der Waals surface area contributed by atoms with E-state index in [1.165, 1.54) is 23.5 Å². The molecule has 0 amide bonds. The monoisotopic (exact) mass is 999 g/mol. The lowest BCUT2D eigenvalue weighted by atomic mass is 9.54. The molecule has 4 fully saturated rings. The van der Waals surface area contributed by atoms with Crippen molar-refractivity contribution < 1.29 is 49.1 Å². The van der Waals surface area contributed by atoms with E-state index in [1.807, 2.05) is 49.7 Å². The van der Waals surface area contributed by atoms with Crippen LogP contribution < -0.4 is 36.1 Å². The number of phenols is 3. The summed E-state index contributed by atoms with van der Waals surface area (Å²) < 4.78 is 25.3. The van der Waals surface area contributed by atoms with Gasteiger partial charge in [0.05, 0.1) is 24.4 Å². The number of hydrogen-bond acceptors (Lipinski definition) is 15. The number of nitrogens with one attached hydrogen (secondary N) is 4. The summed E-state index contributed by atoms with van der Waals surface area (Å²) in [6.07, 6.45) is 17.2. The SMILES string of the molecule is CNC(O)C12CCC3C4=CC=NC4=C[NH+]3C1NC(=NCCCc1ccnc(N)c1)NC21CCCC(Oc2cc(CCC3CC(OC(C)=O)CC(c4cc(O)c(O)c(OCCc5cccnc5)c4)O3)ccc2O)C1. The lowest BCUT2D eigenvalue weighted by molar-refractivity contribution is -0.911. The molecule has 10 unspecified atom stereocenters. The molecule has 18 nitrogen and oxygen atoms in total. The molecular weight excluding hydrogens is 931 g/mol. The Morgan fingerprint density at radius 2 is 1.88 bits per heavy atom. The van der Waals surface area contributed by atoms with Gasteiger partial charge in [-0.05, 0) is 129 Å². The summed E-state index contributed by atoms with van der Waals surface area (Å²) in [5, 5.41) is 56.3. The van der Waals surface area contributed by atoms with Crippen LogP contribution in [0.4, 0.5) is 5.82 Å². The molecule has 1 saturated carbocycles. The van der Waals surface area contributed by atoms with Crippen LogP contribution in [0.25, 0.3) is 0 Å². The summed E-state index contributed by atoms with van der Waals surface area (Å²) in [6.45, 7) is 2.20. The summed E-state index contributed by atoms with van der Waals surface area (Å²) in [7, 11) is 1.82. The highest BCUT2D eigenvalue weighted by molar-refractivity contribution is 5.83. The summed E-state index contributed by atoms with van der Waals surface area (Å²) in [5.74, 6) is 0.632. The van der Waals surface area contributed by atoms with Gasteiger partial charge < -0.3 is 55.7 Å². The minimum absolute atomic E-state index is 0.0335. The second-order valence-corrected chi connectivity index (χ2v) is 20.4. The average Bonchev–Trinajstić information content (AvgIpc) is 3.99. The number of ether oxygens (including phenoxy) is 4. The number of aliphatic hydroxyl groups excluding tert-OH is 1. The zero-order valence-electron chi connectivity index (χ0n) is 41.5. The first-order valence-corrected chi connectivity index (χ1v) is 25.8. The zero-order valence-corrected chi connectivity index (χ0v) is 41.5. The van der Waals surface area contributed by atoms with Crippen molar-refractivity contribution in [2.24, 2.45) is 15.4 Å². The number of pyridine rings is 2. The Balaban J connectivity index is 0.857. The Labute approximate surface area is 425 Å². The molecule has 18 heteroatoms. The van der Waals surface area contributed by atoms with Gasteiger partial charge in [0.2, 0.25) is 5.75 Å². The number of aliphatic imine (C=N–C) groups is 2. The van der Waals surface area contributed by atoms with Gasteiger partial charge in [-0.15, -0.1) is 0 Å². The van der Waals surface area contributed by atoms with Gasteiger partial charge >= 0.3 is 5.97 Å². The molecule has 1 spiro atoms. The molecule has 2 aromatic heterocycles. The number of aromatic hydroxyl groups is 3. The fraction of sp³-hybridized carbons (Fsp3) is 0.473. The van der Waals surface area contributed by atoms with E-state index in [9.17, 15) is 25.2 Å². The van der Waals surface area contributed by atoms with Crippen LogP contribution in [0.2, 0.25) is 0 Å². The number of rotatable bonds is 17. The number of allylic oxidation sites excluding steroid dienone is 1. The van der Waals surface area contributed by atoms with Crippen LogP contribution in [0.5, 0.6) is 28.7 Å². The number of quaternary nitrogens is 1. The molecule has 7 heterocycles. The molecule has 386 valence electrons. The number of fused-ring (bicyclic) bond motifs is 6. The van der Waals surface area contributed by atoms with Crippen LogP contribution in [0.3, 0.4) is 0 Å². The van der Waals surface area contributed by atoms with Crippen molar-refractivity contribution in [2.45, 2.75) is 139 Å². The first kappa shape index (κ1) is 49.8. The normalized spacial score (nSPS) is 29.0. The second kappa shape index (κ2) is 21.4. The Bertz CT molecular complexity index is 2770. The van der Waals surface area contributed by atoms with Crippen LogP contribution >= 0.6 is 0 Å². The molecule has 1 aliphatic carbocycles. The lowest BCUT2D eigenvalue weighted by Gasteiger charge is -2.63. The number of carbonyl (C=O) groups is 1. The van der Waals surface area contributed by atoms with Crippen LogP contribution in [0.15, 0.2) is 107 Å². The molecule has 10 atom stereocenters. The number of aromatic nitrogens is 2. The topological polar surface area (TPSA) is 252 Å². The van der Waals surface area contributed by atoms with Gasteiger partial charge in [0.1, 0.15) is 47.6 Å². The van der Waals surface area contributed by atoms with Crippen molar-refractivity contribution in [1.29, 1.82) is 0 Å². The molecule has 0 radical (unpaired) electrons. The van der Waals surface area contributed by atoms with E-state index in [1.54, 1.807) is 30.7 Å². The van der Waals surface area contributed by atoms with Crippen molar-refractivity contribution in [3.05, 3.63) is 119 Å². The number of esters is 1. The number of nitrogens with zero attached hydrogens (tertiary/aromatic N) is 4. The molecule has 4 aromatic rings. The molecule has 73 heavy (non-hydrogen) atoms. The Kier molecular flexibility index (Phi) is 14.6. The maximum absolute atomic E-state index is 12.4. The fourth-order valence-corrected chi connectivity index (χ4v) is 12.5. The summed E-state index contributed by atoms with van der Waals surface area (Å²) in [5.41, 5.74) is 10.4. The lowest BCUT2D eigenvalue weighted by Crippen LogP contribution is -3.21. The number of carbonyl (C=O) groups excluding carboxylic acids is 1. The molecule has 0 bridgehead atoms. The number of benzene rings is 2. The first-order valence-electron chi connectivity index (χ1n) is 25.8. The Morgan fingerprint density at radius 1 is 1.00 bits per heavy atom. The van der Waals surface area contributed by atoms with Gasteiger partial charge in [0.15, 0.2) is 35.1 Å². The second-order valence-electron chi connectivity index (χ2n) is 20.4. The third-order valence-corrected chi connectivity index (χ3v) is 15.9. The van der Waals surface area contributed by atoms with Gasteiger partial charge in [0, 0.05) is 76.0 Å². The van der Waals surface area contributed by atoms with Gasteiger partial charge in [-0.25, -0.2) is 4.98 Å². The van der Waals surface area contributed by atoms with Crippen LogP contribution in [0.1, 0.15) is 99.5 Å². The third kappa shape index (κ3) is 10.4. The Hall–Kier alpha value is -6.73. The largest absolute Gasteiger partial charge is 0.504 e. The molecule has 5 aliphatic heterocycles. The highest BCUT2D eigenvalue weighted by Gasteiger charge is 2.70. The zero-order chi connectivity index (χ0) is 50.7. The van der Waals surface area contributed by atoms with E-state index in [0.717, 1.165) is 67.3 Å². The third-order valence-electron chi connectivity index (χ3n) is 15.9. The predicted octanol–water partition coefficient (Wildman–Crippen LogP) is 4.59.